The van der Waals surface area contributed by atoms with Crippen LogP contribution in [0, 0.1) is 0 Å². The number of aromatic hydroxyl groups is 1. The average molecular weight is 515 g/mol. The van der Waals surface area contributed by atoms with Crippen molar-refractivity contribution in [3.05, 3.63) is 69.6 Å². The summed E-state index contributed by atoms with van der Waals surface area (Å²) in [7, 11) is 5.13. The molecule has 1 aliphatic rings. The number of Topliss-reactive ketones (excluding diaryl/α,β-unsaturated/α-hetero) is 1. The van der Waals surface area contributed by atoms with Crippen LogP contribution in [0.5, 0.6) is 11.5 Å². The molecule has 172 valence electrons. The van der Waals surface area contributed by atoms with Gasteiger partial charge < -0.3 is 29.2 Å². The molecule has 2 aromatic carbocycles. The van der Waals surface area contributed by atoms with Crippen LogP contribution in [0.25, 0.3) is 11.0 Å². The first kappa shape index (κ1) is 22.9. The van der Waals surface area contributed by atoms with Crippen molar-refractivity contribution in [1.82, 2.24) is 9.80 Å². The first-order valence-electron chi connectivity index (χ1n) is 10.2. The van der Waals surface area contributed by atoms with Crippen LogP contribution in [0.15, 0.2) is 62.7 Å². The third-order valence-electron chi connectivity index (χ3n) is 5.57. The number of carbonyl (C=O) groups is 2. The molecule has 4 rings (SSSR count). The number of carbonyl (C=O) groups excluding carboxylic acids is 2. The number of rotatable bonds is 7. The Morgan fingerprint density at radius 3 is 2.61 bits per heavy atom. The summed E-state index contributed by atoms with van der Waals surface area (Å²) >= 11 is 3.30. The molecule has 2 N–H and O–H groups in total. The number of hydrogen-bond donors (Lipinski definition) is 2. The van der Waals surface area contributed by atoms with Crippen molar-refractivity contribution in [3.8, 4) is 11.5 Å². The van der Waals surface area contributed by atoms with Crippen molar-refractivity contribution in [2.75, 3.05) is 34.3 Å². The van der Waals surface area contributed by atoms with Crippen molar-refractivity contribution in [2.45, 2.75) is 6.04 Å². The number of ketones is 1. The lowest BCUT2D eigenvalue weighted by atomic mass is 9.94. The lowest BCUT2D eigenvalue weighted by Crippen LogP contribution is -2.36. The van der Waals surface area contributed by atoms with E-state index in [1.165, 1.54) is 12.0 Å². The van der Waals surface area contributed by atoms with E-state index >= 15 is 0 Å². The number of para-hydroxylation sites is 1. The SMILES string of the molecule is COc1cc([C@H]2C(C(=O)c3cc4ccccc4o3)=C(O)C(=O)N2CCN(C)C)cc(Br)c1O. The molecular formula is C24H23BrN2O6. The molecule has 0 saturated heterocycles. The van der Waals surface area contributed by atoms with Gasteiger partial charge in [0, 0.05) is 18.5 Å². The Hall–Kier alpha value is -3.30. The lowest BCUT2D eigenvalue weighted by molar-refractivity contribution is -0.129. The maximum Gasteiger partial charge on any atom is 0.290 e. The molecular weight excluding hydrogens is 492 g/mol. The van der Waals surface area contributed by atoms with Gasteiger partial charge in [0.1, 0.15) is 5.58 Å². The van der Waals surface area contributed by atoms with Crippen molar-refractivity contribution in [2.24, 2.45) is 0 Å². The number of phenols is 1. The monoisotopic (exact) mass is 514 g/mol. The summed E-state index contributed by atoms with van der Waals surface area (Å²) in [5, 5.41) is 21.8. The van der Waals surface area contributed by atoms with Gasteiger partial charge in [-0.1, -0.05) is 18.2 Å². The third-order valence-corrected chi connectivity index (χ3v) is 6.18. The Balaban J connectivity index is 1.84. The fraction of sp³-hybridized carbons (Fsp3) is 0.250. The van der Waals surface area contributed by atoms with E-state index in [0.29, 0.717) is 22.2 Å². The molecule has 1 aromatic heterocycles. The minimum atomic E-state index is -0.899. The van der Waals surface area contributed by atoms with E-state index in [2.05, 4.69) is 15.9 Å². The van der Waals surface area contributed by atoms with Gasteiger partial charge in [0.15, 0.2) is 23.0 Å². The molecule has 0 unspecified atom stereocenters. The number of halogens is 1. The van der Waals surface area contributed by atoms with E-state index in [1.807, 2.05) is 31.1 Å². The van der Waals surface area contributed by atoms with Crippen LogP contribution >= 0.6 is 15.9 Å². The molecule has 1 aliphatic heterocycles. The molecule has 0 saturated carbocycles. The minimum Gasteiger partial charge on any atom is -0.503 e. The highest BCUT2D eigenvalue weighted by atomic mass is 79.9. The number of likely N-dealkylation sites (N-methyl/N-ethyl adjacent to an activating group) is 1. The largest absolute Gasteiger partial charge is 0.503 e. The minimum absolute atomic E-state index is 0.0230. The van der Waals surface area contributed by atoms with Crippen LogP contribution in [-0.2, 0) is 4.79 Å². The zero-order valence-electron chi connectivity index (χ0n) is 18.3. The molecule has 0 radical (unpaired) electrons. The maximum absolute atomic E-state index is 13.6. The van der Waals surface area contributed by atoms with Gasteiger partial charge in [0.2, 0.25) is 5.78 Å². The number of amides is 1. The highest BCUT2D eigenvalue weighted by Gasteiger charge is 2.44. The standard InChI is InChI=1S/C24H23BrN2O6/c1-26(2)8-9-27-20(14-10-15(25)21(28)17(12-14)32-3)19(23(30)24(27)31)22(29)18-11-13-6-4-5-7-16(13)33-18/h4-7,10-12,20,28,30H,8-9H2,1-3H3/t20-/m0/s1. The van der Waals surface area contributed by atoms with Crippen molar-refractivity contribution < 1.29 is 29.0 Å². The van der Waals surface area contributed by atoms with Crippen LogP contribution in [-0.4, -0.2) is 66.0 Å². The Labute approximate surface area is 198 Å². The summed E-state index contributed by atoms with van der Waals surface area (Å²) in [5.74, 6) is -1.77. The van der Waals surface area contributed by atoms with E-state index in [9.17, 15) is 19.8 Å². The second-order valence-corrected chi connectivity index (χ2v) is 8.85. The number of benzene rings is 2. The quantitative estimate of drug-likeness (QED) is 0.458. The van der Waals surface area contributed by atoms with Gasteiger partial charge in [0.25, 0.3) is 5.91 Å². The van der Waals surface area contributed by atoms with Crippen LogP contribution in [0.2, 0.25) is 0 Å². The van der Waals surface area contributed by atoms with Crippen molar-refractivity contribution >= 4 is 38.6 Å². The Bertz CT molecular complexity index is 1250. The molecule has 8 nitrogen and oxygen atoms in total. The molecule has 3 aromatic rings. The third kappa shape index (κ3) is 4.09. The van der Waals surface area contributed by atoms with E-state index in [0.717, 1.165) is 5.39 Å². The molecule has 0 bridgehead atoms. The zero-order valence-corrected chi connectivity index (χ0v) is 19.9. The fourth-order valence-corrected chi connectivity index (χ4v) is 4.36. The first-order chi connectivity index (χ1) is 15.7. The Morgan fingerprint density at radius 1 is 1.21 bits per heavy atom. The van der Waals surface area contributed by atoms with Gasteiger partial charge >= 0.3 is 0 Å². The molecule has 0 spiro atoms. The smallest absolute Gasteiger partial charge is 0.290 e. The number of ether oxygens (including phenoxy) is 1. The van der Waals surface area contributed by atoms with Crippen molar-refractivity contribution in [3.63, 3.8) is 0 Å². The van der Waals surface area contributed by atoms with Gasteiger partial charge in [-0.2, -0.15) is 0 Å². The highest BCUT2D eigenvalue weighted by Crippen LogP contribution is 2.44. The Kier molecular flexibility index (Phi) is 6.18. The second-order valence-electron chi connectivity index (χ2n) is 8.00. The van der Waals surface area contributed by atoms with Crippen LogP contribution < -0.4 is 4.74 Å². The summed E-state index contributed by atoms with van der Waals surface area (Å²) in [4.78, 5) is 29.9. The molecule has 0 aliphatic carbocycles. The number of methoxy groups -OCH3 is 1. The molecule has 9 heteroatoms. The van der Waals surface area contributed by atoms with Gasteiger partial charge in [0.05, 0.1) is 23.2 Å². The van der Waals surface area contributed by atoms with Gasteiger partial charge in [-0.05, 0) is 59.9 Å². The number of phenolic OH excluding ortho intramolecular Hbond substituents is 1. The highest BCUT2D eigenvalue weighted by molar-refractivity contribution is 9.10. The number of hydrogen-bond acceptors (Lipinski definition) is 7. The van der Waals surface area contributed by atoms with Gasteiger partial charge in [-0.3, -0.25) is 9.59 Å². The summed E-state index contributed by atoms with van der Waals surface area (Å²) in [6.45, 7) is 0.774. The maximum atomic E-state index is 13.6. The average Bonchev–Trinajstić information content (AvgIpc) is 3.33. The van der Waals surface area contributed by atoms with Gasteiger partial charge in [-0.15, -0.1) is 0 Å². The summed E-state index contributed by atoms with van der Waals surface area (Å²) in [6, 6.07) is 11.0. The molecule has 1 amide bonds. The summed E-state index contributed by atoms with van der Waals surface area (Å²) in [5.41, 5.74) is 0.935. The van der Waals surface area contributed by atoms with Crippen LogP contribution in [0.1, 0.15) is 22.2 Å². The lowest BCUT2D eigenvalue weighted by Gasteiger charge is -2.28. The fourth-order valence-electron chi connectivity index (χ4n) is 3.90. The van der Waals surface area contributed by atoms with E-state index in [4.69, 9.17) is 9.15 Å². The second kappa shape index (κ2) is 8.92. The van der Waals surface area contributed by atoms with Crippen molar-refractivity contribution in [1.29, 1.82) is 0 Å². The van der Waals surface area contributed by atoms with E-state index < -0.39 is 23.5 Å². The van der Waals surface area contributed by atoms with Crippen LogP contribution in [0.4, 0.5) is 0 Å². The molecule has 1 atom stereocenters. The number of fused-ring (bicyclic) bond motifs is 1. The molecule has 33 heavy (non-hydrogen) atoms. The number of aliphatic hydroxyl groups excluding tert-OH is 1. The zero-order chi connectivity index (χ0) is 23.9. The van der Waals surface area contributed by atoms with E-state index in [1.54, 1.807) is 30.3 Å². The number of nitrogens with zero attached hydrogens (tertiary/aromatic N) is 2. The summed E-state index contributed by atoms with van der Waals surface area (Å²) in [6.07, 6.45) is 0. The van der Waals surface area contributed by atoms with Gasteiger partial charge in [-0.25, -0.2) is 0 Å². The topological polar surface area (TPSA) is 103 Å². The predicted octanol–water partition coefficient (Wildman–Crippen LogP) is 4.05. The first-order valence-corrected chi connectivity index (χ1v) is 11.0. The van der Waals surface area contributed by atoms with Crippen LogP contribution in [0.3, 0.4) is 0 Å². The number of aliphatic hydroxyl groups is 1. The molecule has 0 fully saturated rings. The predicted molar refractivity (Wildman–Crippen MR) is 126 cm³/mol. The molecule has 2 heterocycles. The number of furan rings is 1. The summed E-state index contributed by atoms with van der Waals surface area (Å²) < 4.78 is 11.3. The van der Waals surface area contributed by atoms with E-state index in [-0.39, 0.29) is 29.4 Å². The Morgan fingerprint density at radius 2 is 1.94 bits per heavy atom. The normalized spacial score (nSPS) is 16.3.